The molecule has 3 rings (SSSR count). The number of rotatable bonds is 4. The van der Waals surface area contributed by atoms with E-state index in [4.69, 9.17) is 9.47 Å². The molecule has 1 fully saturated rings. The summed E-state index contributed by atoms with van der Waals surface area (Å²) in [4.78, 5) is 18.3. The minimum Gasteiger partial charge on any atom is -0.490 e. The van der Waals surface area contributed by atoms with Gasteiger partial charge in [-0.15, -0.1) is 0 Å². The Balaban J connectivity index is 1.70. The van der Waals surface area contributed by atoms with Gasteiger partial charge in [-0.3, -0.25) is 4.79 Å². The average Bonchev–Trinajstić information content (AvgIpc) is 2.93. The Labute approximate surface area is 146 Å². The van der Waals surface area contributed by atoms with Gasteiger partial charge in [-0.05, 0) is 18.6 Å². The van der Waals surface area contributed by atoms with Gasteiger partial charge in [0.2, 0.25) is 0 Å². The van der Waals surface area contributed by atoms with Crippen LogP contribution in [0.3, 0.4) is 0 Å². The molecule has 1 aliphatic heterocycles. The molecule has 7 heteroatoms. The lowest BCUT2D eigenvalue weighted by atomic mass is 10.1. The van der Waals surface area contributed by atoms with Gasteiger partial charge in [-0.25, -0.2) is 4.98 Å². The number of para-hydroxylation sites is 1. The topological polar surface area (TPSA) is 76.8 Å². The van der Waals surface area contributed by atoms with Crippen LogP contribution in [-0.4, -0.2) is 64.0 Å². The molecular weight excluding hydrogens is 322 g/mol. The van der Waals surface area contributed by atoms with Crippen LogP contribution in [0, 0.1) is 6.92 Å². The van der Waals surface area contributed by atoms with E-state index in [0.717, 1.165) is 5.56 Å². The third-order valence-electron chi connectivity index (χ3n) is 4.16. The van der Waals surface area contributed by atoms with Crippen molar-refractivity contribution >= 4 is 5.91 Å². The van der Waals surface area contributed by atoms with E-state index in [1.165, 1.54) is 0 Å². The van der Waals surface area contributed by atoms with Crippen molar-refractivity contribution in [2.45, 2.75) is 12.5 Å². The van der Waals surface area contributed by atoms with Crippen LogP contribution in [0.4, 0.5) is 0 Å². The molecule has 0 radical (unpaired) electrons. The molecule has 1 saturated heterocycles. The summed E-state index contributed by atoms with van der Waals surface area (Å²) in [5, 5.41) is 10.9. The Morgan fingerprint density at radius 1 is 1.44 bits per heavy atom. The zero-order valence-electron chi connectivity index (χ0n) is 14.5. The monoisotopic (exact) mass is 345 g/mol. The van der Waals surface area contributed by atoms with Gasteiger partial charge in [-0.1, -0.05) is 18.2 Å². The molecule has 2 heterocycles. The number of benzene rings is 1. The van der Waals surface area contributed by atoms with Crippen molar-refractivity contribution in [1.82, 2.24) is 14.5 Å². The largest absolute Gasteiger partial charge is 0.490 e. The Hall–Kier alpha value is -2.38. The highest BCUT2D eigenvalue weighted by molar-refractivity contribution is 5.92. The van der Waals surface area contributed by atoms with Crippen molar-refractivity contribution in [3.8, 4) is 5.75 Å². The second kappa shape index (κ2) is 7.25. The number of amides is 1. The molecule has 2 aromatic rings. The SMILES string of the molecule is Cc1ccccc1OC[C@@]1(O)COCCN(C(=O)c2cn(C)cn2)C1. The van der Waals surface area contributed by atoms with Crippen LogP contribution < -0.4 is 4.74 Å². The van der Waals surface area contributed by atoms with E-state index in [0.29, 0.717) is 24.6 Å². The van der Waals surface area contributed by atoms with Gasteiger partial charge in [0.05, 0.1) is 26.1 Å². The number of aromatic nitrogens is 2. The molecule has 134 valence electrons. The molecule has 0 unspecified atom stereocenters. The smallest absolute Gasteiger partial charge is 0.274 e. The van der Waals surface area contributed by atoms with Gasteiger partial charge >= 0.3 is 0 Å². The summed E-state index contributed by atoms with van der Waals surface area (Å²) in [5.74, 6) is 0.489. The fraction of sp³-hybridized carbons (Fsp3) is 0.444. The summed E-state index contributed by atoms with van der Waals surface area (Å²) >= 11 is 0. The lowest BCUT2D eigenvalue weighted by Crippen LogP contribution is -2.50. The van der Waals surface area contributed by atoms with Crippen LogP contribution in [0.15, 0.2) is 36.8 Å². The maximum Gasteiger partial charge on any atom is 0.274 e. The number of hydrogen-bond acceptors (Lipinski definition) is 5. The number of aliphatic hydroxyl groups is 1. The summed E-state index contributed by atoms with van der Waals surface area (Å²) in [6.07, 6.45) is 3.24. The lowest BCUT2D eigenvalue weighted by Gasteiger charge is -2.30. The molecule has 1 aromatic heterocycles. The van der Waals surface area contributed by atoms with Crippen molar-refractivity contribution in [1.29, 1.82) is 0 Å². The van der Waals surface area contributed by atoms with Crippen molar-refractivity contribution < 1.29 is 19.4 Å². The van der Waals surface area contributed by atoms with Gasteiger partial charge in [-0.2, -0.15) is 0 Å². The highest BCUT2D eigenvalue weighted by atomic mass is 16.5. The standard InChI is InChI=1S/C18H23N3O4/c1-14-5-3-4-6-16(14)25-12-18(23)10-21(7-8-24-11-18)17(22)15-9-20(2)13-19-15/h3-6,9,13,23H,7-8,10-12H2,1-2H3/t18-/m0/s1. The molecule has 1 aliphatic rings. The van der Waals surface area contributed by atoms with Crippen LogP contribution in [0.5, 0.6) is 5.75 Å². The molecule has 1 aromatic carbocycles. The minimum absolute atomic E-state index is 0.0455. The molecular formula is C18H23N3O4. The van der Waals surface area contributed by atoms with Gasteiger partial charge in [0.25, 0.3) is 5.91 Å². The fourth-order valence-electron chi connectivity index (χ4n) is 2.79. The zero-order valence-corrected chi connectivity index (χ0v) is 14.5. The average molecular weight is 345 g/mol. The summed E-state index contributed by atoms with van der Waals surface area (Å²) < 4.78 is 13.0. The fourth-order valence-corrected chi connectivity index (χ4v) is 2.79. The second-order valence-corrected chi connectivity index (χ2v) is 6.48. The normalized spacial score (nSPS) is 21.0. The van der Waals surface area contributed by atoms with Gasteiger partial charge in [0.1, 0.15) is 23.7 Å². The Morgan fingerprint density at radius 3 is 2.96 bits per heavy atom. The van der Waals surface area contributed by atoms with Crippen LogP contribution >= 0.6 is 0 Å². The summed E-state index contributed by atoms with van der Waals surface area (Å²) in [5.41, 5.74) is 0.0667. The van der Waals surface area contributed by atoms with Gasteiger partial charge < -0.3 is 24.0 Å². The highest BCUT2D eigenvalue weighted by Crippen LogP contribution is 2.20. The van der Waals surface area contributed by atoms with E-state index < -0.39 is 5.60 Å². The van der Waals surface area contributed by atoms with E-state index in [1.54, 1.807) is 22.0 Å². The van der Waals surface area contributed by atoms with E-state index in [9.17, 15) is 9.90 Å². The predicted molar refractivity (Wildman–Crippen MR) is 91.6 cm³/mol. The molecule has 1 N–H and O–H groups in total. The molecule has 0 bridgehead atoms. The second-order valence-electron chi connectivity index (χ2n) is 6.48. The van der Waals surface area contributed by atoms with E-state index in [2.05, 4.69) is 4.98 Å². The third-order valence-corrected chi connectivity index (χ3v) is 4.16. The quantitative estimate of drug-likeness (QED) is 0.895. The number of carbonyl (C=O) groups excluding carboxylic acids is 1. The predicted octanol–water partition coefficient (Wildman–Crippen LogP) is 1.01. The first-order valence-corrected chi connectivity index (χ1v) is 8.23. The van der Waals surface area contributed by atoms with E-state index in [1.807, 2.05) is 38.2 Å². The molecule has 7 nitrogen and oxygen atoms in total. The number of aryl methyl sites for hydroxylation is 2. The first-order chi connectivity index (χ1) is 12.0. The number of hydrogen-bond donors (Lipinski definition) is 1. The Bertz CT molecular complexity index is 745. The van der Waals surface area contributed by atoms with E-state index in [-0.39, 0.29) is 25.7 Å². The summed E-state index contributed by atoms with van der Waals surface area (Å²) in [7, 11) is 1.81. The number of nitrogens with zero attached hydrogens (tertiary/aromatic N) is 3. The van der Waals surface area contributed by atoms with Crippen molar-refractivity contribution in [3.63, 3.8) is 0 Å². The summed E-state index contributed by atoms with van der Waals surface area (Å²) in [6.45, 7) is 3.01. The van der Waals surface area contributed by atoms with Crippen LogP contribution in [0.2, 0.25) is 0 Å². The first kappa shape index (κ1) is 17.4. The summed E-state index contributed by atoms with van der Waals surface area (Å²) in [6, 6.07) is 7.61. The van der Waals surface area contributed by atoms with Crippen LogP contribution in [-0.2, 0) is 11.8 Å². The van der Waals surface area contributed by atoms with Gasteiger partial charge in [0.15, 0.2) is 0 Å². The minimum atomic E-state index is -1.27. The van der Waals surface area contributed by atoms with Crippen LogP contribution in [0.25, 0.3) is 0 Å². The van der Waals surface area contributed by atoms with Crippen molar-refractivity contribution in [3.05, 3.63) is 48.0 Å². The molecule has 0 saturated carbocycles. The maximum atomic E-state index is 12.6. The van der Waals surface area contributed by atoms with E-state index >= 15 is 0 Å². The first-order valence-electron chi connectivity index (χ1n) is 8.23. The number of carbonyl (C=O) groups is 1. The van der Waals surface area contributed by atoms with Crippen molar-refractivity contribution in [2.75, 3.05) is 32.9 Å². The van der Waals surface area contributed by atoms with Gasteiger partial charge in [0, 0.05) is 19.8 Å². The Morgan fingerprint density at radius 2 is 2.24 bits per heavy atom. The Kier molecular flexibility index (Phi) is 5.06. The molecule has 0 spiro atoms. The molecule has 0 aliphatic carbocycles. The molecule has 25 heavy (non-hydrogen) atoms. The number of ether oxygens (including phenoxy) is 2. The molecule has 1 amide bonds. The van der Waals surface area contributed by atoms with Crippen LogP contribution in [0.1, 0.15) is 16.1 Å². The zero-order chi connectivity index (χ0) is 17.9. The third kappa shape index (κ3) is 4.18. The number of β-amino-alcohol motifs (C(OH)–C–C–N with tert-alkyl or cyclic N) is 1. The number of imidazole rings is 1. The highest BCUT2D eigenvalue weighted by Gasteiger charge is 2.36. The molecule has 1 atom stereocenters. The lowest BCUT2D eigenvalue weighted by molar-refractivity contribution is -0.0622. The maximum absolute atomic E-state index is 12.6. The van der Waals surface area contributed by atoms with Crippen molar-refractivity contribution in [2.24, 2.45) is 7.05 Å².